The van der Waals surface area contributed by atoms with Gasteiger partial charge < -0.3 is 5.11 Å². The Morgan fingerprint density at radius 3 is 2.90 bits per heavy atom. The summed E-state index contributed by atoms with van der Waals surface area (Å²) in [7, 11) is 5.38. The van der Waals surface area contributed by atoms with Gasteiger partial charge in [0.1, 0.15) is 14.1 Å². The van der Waals surface area contributed by atoms with Crippen LogP contribution in [-0.4, -0.2) is 25.8 Å². The van der Waals surface area contributed by atoms with Crippen molar-refractivity contribution in [1.29, 1.82) is 0 Å². The fraction of sp³-hybridized carbons (Fsp3) is 0.286. The molecule has 0 unspecified atom stereocenters. The highest BCUT2D eigenvalue weighted by molar-refractivity contribution is 6.24. The minimum atomic E-state index is -0.183. The van der Waals surface area contributed by atoms with E-state index in [1.54, 1.807) is 12.2 Å². The van der Waals surface area contributed by atoms with Gasteiger partial charge >= 0.3 is 0 Å². The molecular formula is C7H7BO2. The third kappa shape index (κ3) is 1.19. The maximum Gasteiger partial charge on any atom is 0.146 e. The van der Waals surface area contributed by atoms with Crippen LogP contribution in [0.15, 0.2) is 23.2 Å². The van der Waals surface area contributed by atoms with Gasteiger partial charge in [-0.25, -0.2) is 0 Å². The molecular weight excluding hydrogens is 127 g/mol. The lowest BCUT2D eigenvalue weighted by atomic mass is 9.97. The third-order valence-corrected chi connectivity index (χ3v) is 1.49. The maximum absolute atomic E-state index is 10.3. The van der Waals surface area contributed by atoms with Gasteiger partial charge in [-0.15, -0.1) is 0 Å². The molecule has 1 aliphatic carbocycles. The van der Waals surface area contributed by atoms with Crippen LogP contribution in [0.3, 0.4) is 0 Å². The topological polar surface area (TPSA) is 37.3 Å². The number of allylic oxidation sites excluding steroid dienone is 2. The molecule has 50 valence electrons. The van der Waals surface area contributed by atoms with E-state index in [1.807, 2.05) is 0 Å². The Hall–Kier alpha value is -0.825. The van der Waals surface area contributed by atoms with Gasteiger partial charge in [-0.3, -0.25) is 4.79 Å². The highest BCUT2D eigenvalue weighted by Crippen LogP contribution is 2.19. The van der Waals surface area contributed by atoms with Crippen molar-refractivity contribution < 1.29 is 9.90 Å². The van der Waals surface area contributed by atoms with Crippen molar-refractivity contribution >= 4 is 14.1 Å². The van der Waals surface area contributed by atoms with Crippen molar-refractivity contribution in [1.82, 2.24) is 0 Å². The molecule has 10 heavy (non-hydrogen) atoms. The van der Waals surface area contributed by atoms with Gasteiger partial charge in [-0.2, -0.15) is 0 Å². The number of hydrogen-bond donors (Lipinski definition) is 1. The zero-order chi connectivity index (χ0) is 7.56. The Labute approximate surface area is 60.7 Å². The summed E-state index contributed by atoms with van der Waals surface area (Å²) in [5, 5.41) is 8.69. The molecule has 0 aromatic carbocycles. The average molecular weight is 134 g/mol. The molecule has 0 spiro atoms. The van der Waals surface area contributed by atoms with E-state index < -0.39 is 0 Å². The van der Waals surface area contributed by atoms with Crippen molar-refractivity contribution in [3.8, 4) is 0 Å². The van der Waals surface area contributed by atoms with Crippen LogP contribution in [0.25, 0.3) is 0 Å². The minimum absolute atomic E-state index is 0.0503. The molecule has 1 atom stereocenters. The van der Waals surface area contributed by atoms with Crippen LogP contribution in [0.4, 0.5) is 0 Å². The van der Waals surface area contributed by atoms with Crippen LogP contribution in [0.1, 0.15) is 0 Å². The summed E-state index contributed by atoms with van der Waals surface area (Å²) >= 11 is 0. The van der Waals surface area contributed by atoms with Gasteiger partial charge in [0.2, 0.25) is 0 Å². The van der Waals surface area contributed by atoms with E-state index in [4.69, 9.17) is 13.0 Å². The van der Waals surface area contributed by atoms with Gasteiger partial charge in [0.25, 0.3) is 0 Å². The van der Waals surface area contributed by atoms with Crippen LogP contribution in [0.2, 0.25) is 0 Å². The fourth-order valence-corrected chi connectivity index (χ4v) is 0.956. The molecule has 0 saturated heterocycles. The molecule has 2 radical (unpaired) electrons. The Kier molecular flexibility index (Phi) is 2.07. The first kappa shape index (κ1) is 7.28. The molecule has 0 bridgehead atoms. The van der Waals surface area contributed by atoms with E-state index in [-0.39, 0.29) is 12.5 Å². The second-order valence-corrected chi connectivity index (χ2v) is 2.22. The molecule has 0 aromatic rings. The third-order valence-electron chi connectivity index (χ3n) is 1.49. The number of aliphatic hydroxyl groups excluding tert-OH is 1. The number of carbonyl (C=O) groups is 1. The lowest BCUT2D eigenvalue weighted by molar-refractivity contribution is -0.105. The van der Waals surface area contributed by atoms with Crippen molar-refractivity contribution in [2.45, 2.75) is 0 Å². The van der Waals surface area contributed by atoms with Crippen molar-refractivity contribution in [2.75, 3.05) is 6.61 Å². The number of rotatable bonds is 2. The van der Waals surface area contributed by atoms with E-state index in [9.17, 15) is 4.79 Å². The first-order chi connectivity index (χ1) is 4.77. The van der Waals surface area contributed by atoms with E-state index in [0.717, 1.165) is 6.29 Å². The summed E-state index contributed by atoms with van der Waals surface area (Å²) in [5.74, 6) is -0.183. The molecule has 1 aliphatic rings. The first-order valence-electron chi connectivity index (χ1n) is 3.03. The molecule has 0 fully saturated rings. The Bertz CT molecular complexity index is 206. The minimum Gasteiger partial charge on any atom is -0.395 e. The molecule has 3 heteroatoms. The highest BCUT2D eigenvalue weighted by atomic mass is 16.3. The van der Waals surface area contributed by atoms with Gasteiger partial charge in [-0.1, -0.05) is 17.6 Å². The second kappa shape index (κ2) is 2.84. The molecule has 2 nitrogen and oxygen atoms in total. The molecule has 0 aliphatic heterocycles. The summed E-state index contributed by atoms with van der Waals surface area (Å²) in [6.45, 7) is -0.0503. The first-order valence-corrected chi connectivity index (χ1v) is 3.03. The summed E-state index contributed by atoms with van der Waals surface area (Å²) < 4.78 is 0. The molecule has 0 saturated carbocycles. The fourth-order valence-electron chi connectivity index (χ4n) is 0.956. The van der Waals surface area contributed by atoms with E-state index >= 15 is 0 Å². The maximum atomic E-state index is 10.3. The zero-order valence-corrected chi connectivity index (χ0v) is 5.45. The highest BCUT2D eigenvalue weighted by Gasteiger charge is 2.14. The molecule has 0 heterocycles. The Morgan fingerprint density at radius 2 is 2.50 bits per heavy atom. The van der Waals surface area contributed by atoms with Gasteiger partial charge in [0.15, 0.2) is 0 Å². The van der Waals surface area contributed by atoms with Crippen LogP contribution < -0.4 is 0 Å². The lowest BCUT2D eigenvalue weighted by Gasteiger charge is -2.01. The molecule has 1 N–H and O–H groups in total. The zero-order valence-electron chi connectivity index (χ0n) is 5.45. The average Bonchev–Trinajstić information content (AvgIpc) is 2.30. The molecule has 1 rings (SSSR count). The van der Waals surface area contributed by atoms with Crippen LogP contribution >= 0.6 is 0 Å². The van der Waals surface area contributed by atoms with Crippen molar-refractivity contribution in [3.05, 3.63) is 23.2 Å². The lowest BCUT2D eigenvalue weighted by Crippen LogP contribution is -2.03. The smallest absolute Gasteiger partial charge is 0.146 e. The van der Waals surface area contributed by atoms with E-state index in [2.05, 4.69) is 0 Å². The Morgan fingerprint density at radius 1 is 1.80 bits per heavy atom. The summed E-state index contributed by atoms with van der Waals surface area (Å²) in [6, 6.07) is 0. The van der Waals surface area contributed by atoms with Gasteiger partial charge in [0, 0.05) is 11.5 Å². The van der Waals surface area contributed by atoms with Crippen LogP contribution in [0, 0.1) is 5.92 Å². The quantitative estimate of drug-likeness (QED) is 0.419. The number of hydrogen-bond acceptors (Lipinski definition) is 2. The summed E-state index contributed by atoms with van der Waals surface area (Å²) in [5.41, 5.74) is 1.11. The van der Waals surface area contributed by atoms with E-state index in [1.165, 1.54) is 0 Å². The summed E-state index contributed by atoms with van der Waals surface area (Å²) in [4.78, 5) is 10.3. The van der Waals surface area contributed by atoms with Crippen molar-refractivity contribution in [2.24, 2.45) is 5.92 Å². The molecule has 0 amide bonds. The predicted molar refractivity (Wildman–Crippen MR) is 38.6 cm³/mol. The van der Waals surface area contributed by atoms with Gasteiger partial charge in [-0.05, 0) is 0 Å². The monoisotopic (exact) mass is 134 g/mol. The SMILES string of the molecule is [B]C1=C[C@@H](CO)C(C=O)=C1. The number of aldehydes is 1. The van der Waals surface area contributed by atoms with Crippen LogP contribution in [0.5, 0.6) is 0 Å². The molecule has 0 aromatic heterocycles. The van der Waals surface area contributed by atoms with Gasteiger partial charge in [0.05, 0.1) is 6.61 Å². The van der Waals surface area contributed by atoms with E-state index in [0.29, 0.717) is 11.0 Å². The normalized spacial score (nSPS) is 23.9. The number of carbonyl (C=O) groups excluding carboxylic acids is 1. The van der Waals surface area contributed by atoms with Crippen molar-refractivity contribution in [3.63, 3.8) is 0 Å². The Balaban J connectivity index is 2.78. The standard InChI is InChI=1S/C7H7BO2/c8-7-1-5(3-9)6(2-7)4-10/h1-3,6,10H,4H2/t6-/m0/s1. The summed E-state index contributed by atoms with van der Waals surface area (Å²) in [6.07, 6.45) is 3.97. The number of aliphatic hydroxyl groups is 1. The predicted octanol–water partition coefficient (Wildman–Crippen LogP) is -0.214. The second-order valence-electron chi connectivity index (χ2n) is 2.22. The largest absolute Gasteiger partial charge is 0.395 e. The van der Waals surface area contributed by atoms with Crippen LogP contribution in [-0.2, 0) is 4.79 Å².